The lowest BCUT2D eigenvalue weighted by atomic mass is 10.3. The number of alkyl halides is 1. The van der Waals surface area contributed by atoms with E-state index in [2.05, 4.69) is 0 Å². The van der Waals surface area contributed by atoms with E-state index in [1.54, 1.807) is 13.0 Å². The van der Waals surface area contributed by atoms with Crippen LogP contribution in [0.3, 0.4) is 0 Å². The second kappa shape index (κ2) is 8.60. The standard InChI is InChI=1S/C11H19ClO3/c1-4-5-8-15-11(13)7-6-10(14-3)9(2)12/h6,9H,4-5,7-8H2,1-3H3. The average Bonchev–Trinajstić information content (AvgIpc) is 2.18. The average molecular weight is 235 g/mol. The number of carbonyl (C=O) groups excluding carboxylic acids is 1. The lowest BCUT2D eigenvalue weighted by molar-refractivity contribution is -0.142. The Bertz CT molecular complexity index is 212. The van der Waals surface area contributed by atoms with Gasteiger partial charge in [-0.1, -0.05) is 13.3 Å². The third-order valence-corrected chi connectivity index (χ3v) is 2.07. The molecule has 0 rings (SSSR count). The number of rotatable bonds is 7. The van der Waals surface area contributed by atoms with Crippen molar-refractivity contribution in [2.24, 2.45) is 0 Å². The molecule has 15 heavy (non-hydrogen) atoms. The molecule has 3 nitrogen and oxygen atoms in total. The van der Waals surface area contributed by atoms with Crippen LogP contribution in [-0.2, 0) is 14.3 Å². The molecule has 0 N–H and O–H groups in total. The minimum absolute atomic E-state index is 0.212. The largest absolute Gasteiger partial charge is 0.500 e. The highest BCUT2D eigenvalue weighted by Crippen LogP contribution is 2.10. The van der Waals surface area contributed by atoms with Gasteiger partial charge in [0.2, 0.25) is 0 Å². The van der Waals surface area contributed by atoms with Crippen molar-refractivity contribution < 1.29 is 14.3 Å². The van der Waals surface area contributed by atoms with Crippen LogP contribution >= 0.6 is 11.6 Å². The minimum Gasteiger partial charge on any atom is -0.500 e. The summed E-state index contributed by atoms with van der Waals surface area (Å²) in [4.78, 5) is 11.2. The van der Waals surface area contributed by atoms with E-state index in [1.165, 1.54) is 7.11 Å². The summed E-state index contributed by atoms with van der Waals surface area (Å²) in [5.74, 6) is 0.361. The minimum atomic E-state index is -0.240. The molecule has 1 atom stereocenters. The molecule has 0 spiro atoms. The quantitative estimate of drug-likeness (QED) is 0.294. The zero-order valence-electron chi connectivity index (χ0n) is 9.59. The van der Waals surface area contributed by atoms with Crippen LogP contribution in [0.15, 0.2) is 11.8 Å². The first-order chi connectivity index (χ1) is 7.11. The fourth-order valence-electron chi connectivity index (χ4n) is 0.981. The van der Waals surface area contributed by atoms with Crippen molar-refractivity contribution in [2.45, 2.75) is 38.5 Å². The lowest BCUT2D eigenvalue weighted by Gasteiger charge is -2.07. The molecule has 0 aliphatic heterocycles. The molecule has 0 aliphatic rings. The molecule has 0 aromatic heterocycles. The molecule has 0 saturated carbocycles. The maximum atomic E-state index is 11.2. The van der Waals surface area contributed by atoms with Gasteiger partial charge in [-0.05, 0) is 19.4 Å². The third-order valence-electron chi connectivity index (χ3n) is 1.86. The molecule has 0 aromatic rings. The molecule has 0 amide bonds. The van der Waals surface area contributed by atoms with E-state index in [1.807, 2.05) is 6.92 Å². The maximum Gasteiger partial charge on any atom is 0.309 e. The van der Waals surface area contributed by atoms with Crippen molar-refractivity contribution >= 4 is 17.6 Å². The summed E-state index contributed by atoms with van der Waals surface area (Å²) in [6, 6.07) is 0. The zero-order valence-corrected chi connectivity index (χ0v) is 10.3. The van der Waals surface area contributed by atoms with Crippen LogP contribution in [0.25, 0.3) is 0 Å². The van der Waals surface area contributed by atoms with E-state index in [0.717, 1.165) is 12.8 Å². The van der Waals surface area contributed by atoms with Gasteiger partial charge in [-0.2, -0.15) is 0 Å². The van der Waals surface area contributed by atoms with Crippen LogP contribution in [-0.4, -0.2) is 25.1 Å². The van der Waals surface area contributed by atoms with Crippen LogP contribution in [0.1, 0.15) is 33.1 Å². The first-order valence-electron chi connectivity index (χ1n) is 5.15. The molecule has 4 heteroatoms. The Balaban J connectivity index is 3.85. The molecule has 0 bridgehead atoms. The van der Waals surface area contributed by atoms with Gasteiger partial charge in [-0.3, -0.25) is 4.79 Å². The summed E-state index contributed by atoms with van der Waals surface area (Å²) in [7, 11) is 1.53. The highest BCUT2D eigenvalue weighted by molar-refractivity contribution is 6.21. The smallest absolute Gasteiger partial charge is 0.309 e. The summed E-state index contributed by atoms with van der Waals surface area (Å²) < 4.78 is 9.98. The summed E-state index contributed by atoms with van der Waals surface area (Å²) >= 11 is 5.81. The third kappa shape index (κ3) is 7.25. The number of halogens is 1. The number of esters is 1. The molecule has 0 aliphatic carbocycles. The number of hydrogen-bond acceptors (Lipinski definition) is 3. The number of allylic oxidation sites excluding steroid dienone is 1. The van der Waals surface area contributed by atoms with E-state index >= 15 is 0 Å². The number of hydrogen-bond donors (Lipinski definition) is 0. The van der Waals surface area contributed by atoms with Crippen LogP contribution < -0.4 is 0 Å². The van der Waals surface area contributed by atoms with Crippen molar-refractivity contribution in [1.29, 1.82) is 0 Å². The number of carbonyl (C=O) groups is 1. The molecule has 0 heterocycles. The van der Waals surface area contributed by atoms with Crippen LogP contribution in [0, 0.1) is 0 Å². The fourth-order valence-corrected chi connectivity index (χ4v) is 1.16. The van der Waals surface area contributed by atoms with Crippen LogP contribution in [0.5, 0.6) is 0 Å². The molecule has 88 valence electrons. The van der Waals surface area contributed by atoms with Crippen molar-refractivity contribution in [3.8, 4) is 0 Å². The molecule has 0 fully saturated rings. The second-order valence-electron chi connectivity index (χ2n) is 3.20. The Morgan fingerprint density at radius 3 is 2.67 bits per heavy atom. The zero-order chi connectivity index (χ0) is 11.7. The van der Waals surface area contributed by atoms with Gasteiger partial charge in [0.05, 0.1) is 25.5 Å². The Kier molecular flexibility index (Phi) is 8.19. The Labute approximate surface area is 96.4 Å². The van der Waals surface area contributed by atoms with Crippen molar-refractivity contribution in [2.75, 3.05) is 13.7 Å². The van der Waals surface area contributed by atoms with Crippen molar-refractivity contribution in [3.05, 3.63) is 11.8 Å². The van der Waals surface area contributed by atoms with Gasteiger partial charge in [0.15, 0.2) is 0 Å². The van der Waals surface area contributed by atoms with Crippen LogP contribution in [0.2, 0.25) is 0 Å². The van der Waals surface area contributed by atoms with E-state index in [9.17, 15) is 4.79 Å². The Morgan fingerprint density at radius 2 is 2.20 bits per heavy atom. The summed E-state index contributed by atoms with van der Waals surface area (Å²) in [6.45, 7) is 4.33. The van der Waals surface area contributed by atoms with Crippen molar-refractivity contribution in [1.82, 2.24) is 0 Å². The van der Waals surface area contributed by atoms with E-state index in [4.69, 9.17) is 21.1 Å². The van der Waals surface area contributed by atoms with E-state index in [-0.39, 0.29) is 17.8 Å². The van der Waals surface area contributed by atoms with Gasteiger partial charge >= 0.3 is 5.97 Å². The summed E-state index contributed by atoms with van der Waals surface area (Å²) in [5, 5.41) is -0.224. The summed E-state index contributed by atoms with van der Waals surface area (Å²) in [5.41, 5.74) is 0. The SMILES string of the molecule is CCCCOC(=O)CC=C(OC)C(C)Cl. The molecule has 0 saturated heterocycles. The first kappa shape index (κ1) is 14.3. The van der Waals surface area contributed by atoms with E-state index < -0.39 is 0 Å². The molecule has 0 aromatic carbocycles. The van der Waals surface area contributed by atoms with Gasteiger partial charge in [-0.25, -0.2) is 0 Å². The number of methoxy groups -OCH3 is 1. The molecule has 0 radical (unpaired) electrons. The lowest BCUT2D eigenvalue weighted by Crippen LogP contribution is -2.06. The van der Waals surface area contributed by atoms with Gasteiger partial charge < -0.3 is 9.47 Å². The van der Waals surface area contributed by atoms with E-state index in [0.29, 0.717) is 12.4 Å². The van der Waals surface area contributed by atoms with Gasteiger partial charge in [-0.15, -0.1) is 11.6 Å². The maximum absolute atomic E-state index is 11.2. The Hall–Kier alpha value is -0.700. The normalized spacial score (nSPS) is 13.5. The highest BCUT2D eigenvalue weighted by Gasteiger charge is 2.06. The predicted molar refractivity (Wildman–Crippen MR) is 60.9 cm³/mol. The molecular formula is C11H19ClO3. The Morgan fingerprint density at radius 1 is 1.53 bits per heavy atom. The monoisotopic (exact) mass is 234 g/mol. The first-order valence-corrected chi connectivity index (χ1v) is 5.59. The number of unbranched alkanes of at least 4 members (excludes halogenated alkanes) is 1. The van der Waals surface area contributed by atoms with Crippen LogP contribution in [0.4, 0.5) is 0 Å². The number of ether oxygens (including phenoxy) is 2. The second-order valence-corrected chi connectivity index (χ2v) is 3.86. The van der Waals surface area contributed by atoms with Gasteiger partial charge in [0.1, 0.15) is 5.76 Å². The molecule has 1 unspecified atom stereocenters. The predicted octanol–water partition coefficient (Wildman–Crippen LogP) is 2.88. The summed E-state index contributed by atoms with van der Waals surface area (Å²) in [6.07, 6.45) is 3.79. The molecular weight excluding hydrogens is 216 g/mol. The fraction of sp³-hybridized carbons (Fsp3) is 0.727. The van der Waals surface area contributed by atoms with Gasteiger partial charge in [0, 0.05) is 0 Å². The van der Waals surface area contributed by atoms with Gasteiger partial charge in [0.25, 0.3) is 0 Å². The highest BCUT2D eigenvalue weighted by atomic mass is 35.5. The van der Waals surface area contributed by atoms with Crippen molar-refractivity contribution in [3.63, 3.8) is 0 Å². The topological polar surface area (TPSA) is 35.5 Å².